The number of aromatic nitrogens is 2. The summed E-state index contributed by atoms with van der Waals surface area (Å²) in [6, 6.07) is 0.723. The maximum Gasteiger partial charge on any atom is 0.261 e. The summed E-state index contributed by atoms with van der Waals surface area (Å²) >= 11 is 1.49. The van der Waals surface area contributed by atoms with Gasteiger partial charge in [-0.15, -0.1) is 11.3 Å². The number of nitrogens with zero attached hydrogens (tertiary/aromatic N) is 5. The van der Waals surface area contributed by atoms with Gasteiger partial charge >= 0.3 is 0 Å². The molecule has 2 aromatic heterocycles. The molecule has 1 N–H and O–H groups in total. The maximum atomic E-state index is 12.9. The van der Waals surface area contributed by atoms with Crippen molar-refractivity contribution in [2.24, 2.45) is 0 Å². The molecule has 3 heterocycles. The van der Waals surface area contributed by atoms with E-state index in [1.165, 1.54) is 43.4 Å². The second-order valence-corrected chi connectivity index (χ2v) is 10.1. The highest BCUT2D eigenvalue weighted by Gasteiger charge is 2.24. The van der Waals surface area contributed by atoms with Crippen LogP contribution in [0.1, 0.15) is 53.8 Å². The number of nitrogens with one attached hydrogen (secondary N) is 1. The Labute approximate surface area is 189 Å². The van der Waals surface area contributed by atoms with E-state index in [0.717, 1.165) is 71.7 Å². The molecule has 0 aromatic carbocycles. The SMILES string of the molecule is Cc1c(C(=O)NCCCN(C)C2CCCCC2)sc2ncnc(N3CCN(C)CC3)c12. The van der Waals surface area contributed by atoms with Gasteiger partial charge in [-0.25, -0.2) is 9.97 Å². The van der Waals surface area contributed by atoms with Crippen LogP contribution in [0, 0.1) is 6.92 Å². The van der Waals surface area contributed by atoms with Crippen LogP contribution < -0.4 is 10.2 Å². The molecule has 1 saturated heterocycles. The quantitative estimate of drug-likeness (QED) is 0.662. The fourth-order valence-electron chi connectivity index (χ4n) is 4.84. The topological polar surface area (TPSA) is 64.6 Å². The zero-order chi connectivity index (χ0) is 21.8. The van der Waals surface area contributed by atoms with Crippen LogP contribution in [0.25, 0.3) is 10.2 Å². The maximum absolute atomic E-state index is 12.9. The third-order valence-electron chi connectivity index (χ3n) is 6.89. The first-order valence-corrected chi connectivity index (χ1v) is 12.5. The molecule has 2 aliphatic rings. The number of aryl methyl sites for hydroxylation is 1. The summed E-state index contributed by atoms with van der Waals surface area (Å²) in [6.07, 6.45) is 9.35. The highest BCUT2D eigenvalue weighted by molar-refractivity contribution is 7.20. The van der Waals surface area contributed by atoms with Crippen molar-refractivity contribution in [3.05, 3.63) is 16.8 Å². The molecule has 1 saturated carbocycles. The van der Waals surface area contributed by atoms with Crippen LogP contribution in [0.15, 0.2) is 6.33 Å². The third kappa shape index (κ3) is 5.18. The molecule has 7 nitrogen and oxygen atoms in total. The van der Waals surface area contributed by atoms with Crippen molar-refractivity contribution in [3.8, 4) is 0 Å². The number of amides is 1. The molecule has 1 amide bonds. The number of carbonyl (C=O) groups is 1. The number of likely N-dealkylation sites (N-methyl/N-ethyl adjacent to an activating group) is 1. The number of rotatable bonds is 7. The van der Waals surface area contributed by atoms with Crippen LogP contribution in [-0.4, -0.2) is 85.1 Å². The van der Waals surface area contributed by atoms with Gasteiger partial charge in [0.15, 0.2) is 0 Å². The van der Waals surface area contributed by atoms with Crippen molar-refractivity contribution >= 4 is 33.3 Å². The van der Waals surface area contributed by atoms with Crippen molar-refractivity contribution in [3.63, 3.8) is 0 Å². The van der Waals surface area contributed by atoms with E-state index < -0.39 is 0 Å². The van der Waals surface area contributed by atoms with E-state index in [4.69, 9.17) is 0 Å². The lowest BCUT2D eigenvalue weighted by Gasteiger charge is -2.33. The van der Waals surface area contributed by atoms with Gasteiger partial charge in [0.05, 0.1) is 10.3 Å². The van der Waals surface area contributed by atoms with E-state index in [2.05, 4.69) is 44.1 Å². The van der Waals surface area contributed by atoms with Crippen LogP contribution in [0.3, 0.4) is 0 Å². The van der Waals surface area contributed by atoms with Crippen molar-refractivity contribution in [2.75, 3.05) is 58.3 Å². The average Bonchev–Trinajstić information content (AvgIpc) is 3.14. The van der Waals surface area contributed by atoms with Crippen molar-refractivity contribution < 1.29 is 4.79 Å². The minimum atomic E-state index is 0.0187. The van der Waals surface area contributed by atoms with Gasteiger partial charge in [-0.05, 0) is 52.4 Å². The van der Waals surface area contributed by atoms with E-state index in [1.807, 2.05) is 6.92 Å². The Morgan fingerprint density at radius 3 is 2.68 bits per heavy atom. The molecule has 2 fully saturated rings. The molecule has 1 aliphatic carbocycles. The molecule has 0 spiro atoms. The summed E-state index contributed by atoms with van der Waals surface area (Å²) in [5.41, 5.74) is 1.01. The van der Waals surface area contributed by atoms with Gasteiger partial charge in [0.2, 0.25) is 0 Å². The Hall–Kier alpha value is -1.77. The van der Waals surface area contributed by atoms with Crippen LogP contribution in [-0.2, 0) is 0 Å². The summed E-state index contributed by atoms with van der Waals surface area (Å²) in [4.78, 5) is 30.8. The molecule has 31 heavy (non-hydrogen) atoms. The van der Waals surface area contributed by atoms with Gasteiger partial charge in [0, 0.05) is 38.8 Å². The first kappa shape index (κ1) is 22.4. The Kier molecular flexibility index (Phi) is 7.40. The highest BCUT2D eigenvalue weighted by Crippen LogP contribution is 2.35. The number of carbonyl (C=O) groups excluding carboxylic acids is 1. The molecular weight excluding hydrogens is 408 g/mol. The lowest BCUT2D eigenvalue weighted by atomic mass is 9.94. The smallest absolute Gasteiger partial charge is 0.261 e. The second-order valence-electron chi connectivity index (χ2n) is 9.11. The van der Waals surface area contributed by atoms with Crippen molar-refractivity contribution in [1.82, 2.24) is 25.1 Å². The molecule has 0 unspecified atom stereocenters. The summed E-state index contributed by atoms with van der Waals surface area (Å²) in [5, 5.41) is 4.18. The molecule has 8 heteroatoms. The fourth-order valence-corrected chi connectivity index (χ4v) is 5.90. The van der Waals surface area contributed by atoms with Gasteiger partial charge in [0.25, 0.3) is 5.91 Å². The minimum absolute atomic E-state index is 0.0187. The summed E-state index contributed by atoms with van der Waals surface area (Å²) in [6.45, 7) is 7.74. The number of fused-ring (bicyclic) bond motifs is 1. The lowest BCUT2D eigenvalue weighted by molar-refractivity contribution is 0.0954. The first-order valence-electron chi connectivity index (χ1n) is 11.7. The van der Waals surface area contributed by atoms with Gasteiger partial charge in [0.1, 0.15) is 17.0 Å². The first-order chi connectivity index (χ1) is 15.0. The van der Waals surface area contributed by atoms with E-state index in [9.17, 15) is 4.79 Å². The second kappa shape index (κ2) is 10.2. The largest absolute Gasteiger partial charge is 0.353 e. The van der Waals surface area contributed by atoms with Crippen molar-refractivity contribution in [2.45, 2.75) is 51.5 Å². The molecule has 0 atom stereocenters. The molecule has 0 bridgehead atoms. The minimum Gasteiger partial charge on any atom is -0.353 e. The highest BCUT2D eigenvalue weighted by atomic mass is 32.1. The zero-order valence-corrected chi connectivity index (χ0v) is 20.0. The Balaban J connectivity index is 1.37. The van der Waals surface area contributed by atoms with E-state index in [0.29, 0.717) is 6.54 Å². The van der Waals surface area contributed by atoms with Crippen LogP contribution in [0.4, 0.5) is 5.82 Å². The Morgan fingerprint density at radius 1 is 1.19 bits per heavy atom. The average molecular weight is 445 g/mol. The van der Waals surface area contributed by atoms with Gasteiger partial charge < -0.3 is 20.0 Å². The van der Waals surface area contributed by atoms with Gasteiger partial charge in [-0.3, -0.25) is 4.79 Å². The number of hydrogen-bond acceptors (Lipinski definition) is 7. The lowest BCUT2D eigenvalue weighted by Crippen LogP contribution is -2.44. The van der Waals surface area contributed by atoms with Gasteiger partial charge in [-0.1, -0.05) is 19.3 Å². The number of anilines is 1. The molecular formula is C23H36N6OS. The molecule has 2 aromatic rings. The molecule has 170 valence electrons. The Morgan fingerprint density at radius 2 is 1.94 bits per heavy atom. The summed E-state index contributed by atoms with van der Waals surface area (Å²) in [5.74, 6) is 0.991. The predicted molar refractivity (Wildman–Crippen MR) is 128 cm³/mol. The van der Waals surface area contributed by atoms with Crippen LogP contribution >= 0.6 is 11.3 Å². The van der Waals surface area contributed by atoms with E-state index >= 15 is 0 Å². The monoisotopic (exact) mass is 444 g/mol. The number of piperazine rings is 1. The molecule has 0 radical (unpaired) electrons. The van der Waals surface area contributed by atoms with E-state index in [-0.39, 0.29) is 5.91 Å². The van der Waals surface area contributed by atoms with Crippen LogP contribution in [0.5, 0.6) is 0 Å². The summed E-state index contributed by atoms with van der Waals surface area (Å²) < 4.78 is 0. The fraction of sp³-hybridized carbons (Fsp3) is 0.696. The predicted octanol–water partition coefficient (Wildman–Crippen LogP) is 3.14. The molecule has 4 rings (SSSR count). The van der Waals surface area contributed by atoms with Gasteiger partial charge in [-0.2, -0.15) is 0 Å². The Bertz CT molecular complexity index is 886. The number of thiophene rings is 1. The standard InChI is InChI=1S/C23H36N6OS/c1-17-19-21(29-14-12-27(2)13-15-29)25-16-26-23(19)31-20(17)22(30)24-10-7-11-28(3)18-8-5-4-6-9-18/h16,18H,4-15H2,1-3H3,(H,24,30). The van der Waals surface area contributed by atoms with E-state index in [1.54, 1.807) is 6.33 Å². The normalized spacial score (nSPS) is 18.8. The number of hydrogen-bond donors (Lipinski definition) is 1. The third-order valence-corrected chi connectivity index (χ3v) is 8.09. The summed E-state index contributed by atoms with van der Waals surface area (Å²) in [7, 11) is 4.38. The zero-order valence-electron chi connectivity index (χ0n) is 19.2. The van der Waals surface area contributed by atoms with Crippen molar-refractivity contribution in [1.29, 1.82) is 0 Å². The molecule has 1 aliphatic heterocycles. The van der Waals surface area contributed by atoms with Crippen LogP contribution in [0.2, 0.25) is 0 Å².